The third kappa shape index (κ3) is 8.39. The van der Waals surface area contributed by atoms with Gasteiger partial charge in [0.25, 0.3) is 0 Å². The van der Waals surface area contributed by atoms with Crippen LogP contribution in [0.5, 0.6) is 0 Å². The van der Waals surface area contributed by atoms with Crippen LogP contribution in [0.3, 0.4) is 0 Å². The van der Waals surface area contributed by atoms with Crippen molar-refractivity contribution in [3.8, 4) is 0 Å². The molecule has 0 spiro atoms. The lowest BCUT2D eigenvalue weighted by atomic mass is 9.72. The van der Waals surface area contributed by atoms with Crippen molar-refractivity contribution in [2.75, 3.05) is 26.4 Å². The van der Waals surface area contributed by atoms with Crippen molar-refractivity contribution in [2.45, 2.75) is 60.2 Å². The molecule has 1 aromatic carbocycles. The van der Waals surface area contributed by atoms with Crippen LogP contribution in [-0.4, -0.2) is 37.5 Å². The number of hydrogen-bond donors (Lipinski definition) is 1. The number of benzene rings is 1. The largest absolute Gasteiger partial charge is 0.462 e. The molecule has 0 atom stereocenters. The Morgan fingerprint density at radius 3 is 2.46 bits per heavy atom. The van der Waals surface area contributed by atoms with Crippen molar-refractivity contribution in [1.82, 2.24) is 0 Å². The monoisotopic (exact) mass is 506 g/mol. The SMILES string of the molecule is CC(C=CC1=C(C)CCCC1(C)C)=CC=C/C(C)=C/C(=O)OC[C@]1(CO)CO[C@@H](c2ccccc2)OC1. The molecule has 0 amide bonds. The molecule has 37 heavy (non-hydrogen) atoms. The molecule has 1 N–H and O–H groups in total. The van der Waals surface area contributed by atoms with Gasteiger partial charge < -0.3 is 19.3 Å². The van der Waals surface area contributed by atoms with Gasteiger partial charge in [0.2, 0.25) is 0 Å². The lowest BCUT2D eigenvalue weighted by molar-refractivity contribution is -0.249. The fraction of sp³-hybridized carbons (Fsp3) is 0.469. The zero-order chi connectivity index (χ0) is 26.9. The van der Waals surface area contributed by atoms with Gasteiger partial charge in [0.15, 0.2) is 6.29 Å². The predicted octanol–water partition coefficient (Wildman–Crippen LogP) is 6.79. The van der Waals surface area contributed by atoms with Gasteiger partial charge in [-0.25, -0.2) is 4.79 Å². The van der Waals surface area contributed by atoms with Crippen molar-refractivity contribution in [3.63, 3.8) is 0 Å². The van der Waals surface area contributed by atoms with Crippen LogP contribution in [-0.2, 0) is 19.0 Å². The van der Waals surface area contributed by atoms with E-state index in [1.165, 1.54) is 36.5 Å². The Morgan fingerprint density at radius 2 is 1.81 bits per heavy atom. The number of aliphatic hydroxyl groups is 1. The molecule has 0 unspecified atom stereocenters. The van der Waals surface area contributed by atoms with E-state index in [9.17, 15) is 9.90 Å². The van der Waals surface area contributed by atoms with E-state index in [1.54, 1.807) is 0 Å². The number of allylic oxidation sites excluding steroid dienone is 9. The molecule has 0 saturated carbocycles. The van der Waals surface area contributed by atoms with Crippen molar-refractivity contribution >= 4 is 5.97 Å². The van der Waals surface area contributed by atoms with E-state index in [1.807, 2.05) is 55.5 Å². The molecule has 0 radical (unpaired) electrons. The number of ether oxygens (including phenoxy) is 3. The minimum atomic E-state index is -0.772. The van der Waals surface area contributed by atoms with Crippen LogP contribution >= 0.6 is 0 Å². The van der Waals surface area contributed by atoms with Crippen LogP contribution < -0.4 is 0 Å². The van der Waals surface area contributed by atoms with Gasteiger partial charge in [-0.05, 0) is 56.6 Å². The van der Waals surface area contributed by atoms with Crippen molar-refractivity contribution in [1.29, 1.82) is 0 Å². The van der Waals surface area contributed by atoms with E-state index < -0.39 is 17.7 Å². The van der Waals surface area contributed by atoms with Gasteiger partial charge >= 0.3 is 5.97 Å². The standard InChI is InChI=1S/C32H42O5/c1-24(16-17-28-26(3)13-10-18-31(28,4)5)11-9-12-25(2)19-29(34)35-21-32(20-33)22-36-30(37-23-32)27-14-7-6-8-15-27/h6-9,11-12,14-17,19,30,33H,10,13,18,20-23H2,1-5H3/b12-9?,17-16?,24-11?,25-19+/t30-,32-. The van der Waals surface area contributed by atoms with Gasteiger partial charge in [-0.2, -0.15) is 0 Å². The van der Waals surface area contributed by atoms with Crippen LogP contribution in [0.2, 0.25) is 0 Å². The fourth-order valence-corrected chi connectivity index (χ4v) is 4.75. The predicted molar refractivity (Wildman–Crippen MR) is 148 cm³/mol. The number of rotatable bonds is 9. The first-order valence-electron chi connectivity index (χ1n) is 13.1. The van der Waals surface area contributed by atoms with Crippen molar-refractivity contribution in [3.05, 3.63) is 94.6 Å². The zero-order valence-corrected chi connectivity index (χ0v) is 23.0. The highest BCUT2D eigenvalue weighted by Crippen LogP contribution is 2.40. The molecule has 5 heteroatoms. The Kier molecular flexibility index (Phi) is 10.3. The smallest absolute Gasteiger partial charge is 0.331 e. The van der Waals surface area contributed by atoms with E-state index in [0.29, 0.717) is 0 Å². The van der Waals surface area contributed by atoms with Gasteiger partial charge in [0, 0.05) is 11.6 Å². The van der Waals surface area contributed by atoms with Gasteiger partial charge in [0.05, 0.1) is 25.2 Å². The first kappa shape index (κ1) is 28.8. The molecule has 200 valence electrons. The highest BCUT2D eigenvalue weighted by Gasteiger charge is 2.38. The summed E-state index contributed by atoms with van der Waals surface area (Å²) in [6.45, 7) is 11.1. The fourth-order valence-electron chi connectivity index (χ4n) is 4.75. The molecule has 0 aromatic heterocycles. The van der Waals surface area contributed by atoms with Gasteiger partial charge in [-0.15, -0.1) is 0 Å². The summed E-state index contributed by atoms with van der Waals surface area (Å²) in [5.41, 5.74) is 5.22. The number of esters is 1. The maximum Gasteiger partial charge on any atom is 0.331 e. The highest BCUT2D eigenvalue weighted by molar-refractivity contribution is 5.83. The topological polar surface area (TPSA) is 65.0 Å². The molecular weight excluding hydrogens is 464 g/mol. The van der Waals surface area contributed by atoms with Crippen LogP contribution in [0.1, 0.15) is 65.7 Å². The zero-order valence-electron chi connectivity index (χ0n) is 23.0. The molecule has 1 heterocycles. The number of carbonyl (C=O) groups excluding carboxylic acids is 1. The average molecular weight is 507 g/mol. The molecule has 5 nitrogen and oxygen atoms in total. The van der Waals surface area contributed by atoms with Crippen LogP contribution in [0, 0.1) is 10.8 Å². The molecule has 1 saturated heterocycles. The minimum Gasteiger partial charge on any atom is -0.462 e. The molecular formula is C32H42O5. The Labute approximate surface area is 222 Å². The average Bonchev–Trinajstić information content (AvgIpc) is 2.87. The van der Waals surface area contributed by atoms with E-state index in [4.69, 9.17) is 14.2 Å². The Morgan fingerprint density at radius 1 is 1.11 bits per heavy atom. The van der Waals surface area contributed by atoms with Gasteiger partial charge in [-0.1, -0.05) is 85.7 Å². The first-order chi connectivity index (χ1) is 17.6. The second kappa shape index (κ2) is 13.2. The van der Waals surface area contributed by atoms with E-state index >= 15 is 0 Å². The summed E-state index contributed by atoms with van der Waals surface area (Å²) in [5.74, 6) is -0.456. The third-order valence-electron chi connectivity index (χ3n) is 7.13. The summed E-state index contributed by atoms with van der Waals surface area (Å²) >= 11 is 0. The Hall–Kier alpha value is -2.73. The lowest BCUT2D eigenvalue weighted by Crippen LogP contribution is -2.45. The maximum absolute atomic E-state index is 12.4. The second-order valence-corrected chi connectivity index (χ2v) is 11.1. The van der Waals surface area contributed by atoms with Gasteiger partial charge in [0.1, 0.15) is 6.61 Å². The minimum absolute atomic E-state index is 0.0206. The Balaban J connectivity index is 1.49. The number of carbonyl (C=O) groups is 1. The summed E-state index contributed by atoms with van der Waals surface area (Å²) in [5, 5.41) is 9.94. The molecule has 1 fully saturated rings. The van der Waals surface area contributed by atoms with E-state index in [-0.39, 0.29) is 31.8 Å². The van der Waals surface area contributed by atoms with Crippen molar-refractivity contribution < 1.29 is 24.1 Å². The Bertz CT molecular complexity index is 1060. The summed E-state index contributed by atoms with van der Waals surface area (Å²) in [4.78, 5) is 12.4. The molecule has 2 aliphatic rings. The van der Waals surface area contributed by atoms with Crippen molar-refractivity contribution in [2.24, 2.45) is 10.8 Å². The number of aliphatic hydroxyl groups excluding tert-OH is 1. The molecule has 1 aliphatic carbocycles. The molecule has 3 rings (SSSR count). The summed E-state index contributed by atoms with van der Waals surface area (Å²) in [6, 6.07) is 9.64. The van der Waals surface area contributed by atoms with Crippen LogP contribution in [0.4, 0.5) is 0 Å². The van der Waals surface area contributed by atoms with E-state index in [2.05, 4.69) is 39.8 Å². The summed E-state index contributed by atoms with van der Waals surface area (Å²) in [7, 11) is 0. The molecule has 1 aliphatic heterocycles. The van der Waals surface area contributed by atoms with Crippen LogP contribution in [0.15, 0.2) is 89.1 Å². The molecule has 0 bridgehead atoms. The molecule has 1 aromatic rings. The second-order valence-electron chi connectivity index (χ2n) is 11.1. The number of hydrogen-bond acceptors (Lipinski definition) is 5. The summed E-state index contributed by atoms with van der Waals surface area (Å²) in [6.07, 6.45) is 14.9. The maximum atomic E-state index is 12.4. The van der Waals surface area contributed by atoms with Gasteiger partial charge in [-0.3, -0.25) is 0 Å². The first-order valence-corrected chi connectivity index (χ1v) is 13.1. The lowest BCUT2D eigenvalue weighted by Gasteiger charge is -2.38. The normalized spacial score (nSPS) is 25.2. The quantitative estimate of drug-likeness (QED) is 0.227. The highest BCUT2D eigenvalue weighted by atomic mass is 16.7. The van der Waals surface area contributed by atoms with Crippen LogP contribution in [0.25, 0.3) is 0 Å². The third-order valence-corrected chi connectivity index (χ3v) is 7.13. The summed E-state index contributed by atoms with van der Waals surface area (Å²) < 4.78 is 17.1. The van der Waals surface area contributed by atoms with E-state index in [0.717, 1.165) is 16.7 Å².